The van der Waals surface area contributed by atoms with Crippen molar-refractivity contribution in [2.24, 2.45) is 0 Å². The smallest absolute Gasteiger partial charge is 0.324 e. The van der Waals surface area contributed by atoms with Gasteiger partial charge in [0.2, 0.25) is 0 Å². The molecule has 0 aliphatic carbocycles. The van der Waals surface area contributed by atoms with Crippen LogP contribution >= 0.6 is 11.6 Å². The number of likely N-dealkylation sites (N-methyl/N-ethyl adjacent to an activating group) is 1. The number of nitrogens with zero attached hydrogens (tertiary/aromatic N) is 6. The summed E-state index contributed by atoms with van der Waals surface area (Å²) in [6, 6.07) is 19.8. The van der Waals surface area contributed by atoms with E-state index in [2.05, 4.69) is 30.7 Å². The van der Waals surface area contributed by atoms with Gasteiger partial charge in [-0.1, -0.05) is 60.6 Å². The summed E-state index contributed by atoms with van der Waals surface area (Å²) in [4.78, 5) is 28.2. The molecule has 1 aromatic heterocycles. The summed E-state index contributed by atoms with van der Waals surface area (Å²) < 4.78 is 26.9. The average molecular weight is 653 g/mol. The number of rotatable bonds is 6. The number of carbonyl (C=O) groups excluding carboxylic acids is 1. The second-order valence-electron chi connectivity index (χ2n) is 12.3. The van der Waals surface area contributed by atoms with Crippen LogP contribution in [0.2, 0.25) is 5.02 Å². The van der Waals surface area contributed by atoms with Crippen molar-refractivity contribution in [3.05, 3.63) is 100.0 Å². The largest absolute Gasteiger partial charge is 0.424 e. The molecule has 7 rings (SSSR count). The van der Waals surface area contributed by atoms with E-state index in [1.165, 1.54) is 10.5 Å². The molecule has 0 radical (unpaired) electrons. The highest BCUT2D eigenvalue weighted by molar-refractivity contribution is 6.35. The summed E-state index contributed by atoms with van der Waals surface area (Å²) in [6.45, 7) is 6.02. The molecule has 4 aromatic rings. The van der Waals surface area contributed by atoms with E-state index in [0.29, 0.717) is 29.6 Å². The first-order valence-corrected chi connectivity index (χ1v) is 16.1. The zero-order valence-corrected chi connectivity index (χ0v) is 26.8. The molecule has 9 nitrogen and oxygen atoms in total. The number of halogens is 2. The molecule has 1 fully saturated rings. The highest BCUT2D eigenvalue weighted by Crippen LogP contribution is 2.40. The van der Waals surface area contributed by atoms with Crippen LogP contribution in [0.4, 0.5) is 10.2 Å². The van der Waals surface area contributed by atoms with Gasteiger partial charge in [-0.2, -0.15) is 15.2 Å². The minimum absolute atomic E-state index is 0.0379. The lowest BCUT2D eigenvalue weighted by Gasteiger charge is -2.42. The minimum Gasteiger partial charge on any atom is -0.424 e. The number of hydrogen-bond acceptors (Lipinski definition) is 8. The Balaban J connectivity index is 1.28. The van der Waals surface area contributed by atoms with Crippen LogP contribution in [0.15, 0.2) is 67.0 Å². The van der Waals surface area contributed by atoms with Crippen molar-refractivity contribution in [2.45, 2.75) is 44.6 Å². The third-order valence-corrected chi connectivity index (χ3v) is 9.63. The van der Waals surface area contributed by atoms with E-state index in [4.69, 9.17) is 31.0 Å². The number of aromatic nitrogens is 2. The predicted molar refractivity (Wildman–Crippen MR) is 177 cm³/mol. The van der Waals surface area contributed by atoms with E-state index in [1.54, 1.807) is 0 Å². The van der Waals surface area contributed by atoms with Crippen LogP contribution in [0.25, 0.3) is 10.8 Å². The number of nitriles is 1. The van der Waals surface area contributed by atoms with E-state index >= 15 is 0 Å². The highest BCUT2D eigenvalue weighted by Gasteiger charge is 2.36. The number of amides is 1. The molecule has 11 heteroatoms. The van der Waals surface area contributed by atoms with Crippen molar-refractivity contribution in [1.29, 1.82) is 5.26 Å². The standard InChI is InChI=1S/C36H34ClFN6O3/c1-22(38)35(45)44-17-16-43(19-25(44)12-14-39)34-28-21-46-32(26-9-3-7-24-8-4-10-29(37)33(24)26)18-30(28)40-36(41-34)47-31-11-5-6-23-13-15-42(2)20-27(23)31/h3-11,25,32H,1,12-13,15-21H2,2H3/t25-,32?/m0/s1. The molecule has 3 aliphatic rings. The summed E-state index contributed by atoms with van der Waals surface area (Å²) >= 11 is 6.69. The van der Waals surface area contributed by atoms with Crippen LogP contribution in [0, 0.1) is 11.3 Å². The van der Waals surface area contributed by atoms with Crippen molar-refractivity contribution in [3.63, 3.8) is 0 Å². The highest BCUT2D eigenvalue weighted by atomic mass is 35.5. The molecule has 3 aromatic carbocycles. The maximum absolute atomic E-state index is 13.9. The molecule has 4 heterocycles. The average Bonchev–Trinajstić information content (AvgIpc) is 3.07. The monoisotopic (exact) mass is 652 g/mol. The quantitative estimate of drug-likeness (QED) is 0.224. The Morgan fingerprint density at radius 2 is 1.94 bits per heavy atom. The van der Waals surface area contributed by atoms with Crippen molar-refractivity contribution in [3.8, 4) is 17.8 Å². The van der Waals surface area contributed by atoms with E-state index in [9.17, 15) is 14.4 Å². The topological polar surface area (TPSA) is 94.8 Å². The van der Waals surface area contributed by atoms with Crippen LogP contribution in [0.1, 0.15) is 40.5 Å². The molecular formula is C36H34ClFN6O3. The zero-order chi connectivity index (χ0) is 32.7. The third kappa shape index (κ3) is 6.02. The maximum atomic E-state index is 13.9. The van der Waals surface area contributed by atoms with Gasteiger partial charge < -0.3 is 24.2 Å². The first kappa shape index (κ1) is 31.1. The van der Waals surface area contributed by atoms with Crippen molar-refractivity contribution in [2.75, 3.05) is 38.1 Å². The number of hydrogen-bond donors (Lipinski definition) is 0. The molecule has 2 atom stereocenters. The van der Waals surface area contributed by atoms with Crippen molar-refractivity contribution in [1.82, 2.24) is 19.8 Å². The van der Waals surface area contributed by atoms with E-state index < -0.39 is 17.8 Å². The second kappa shape index (κ2) is 12.9. The Morgan fingerprint density at radius 3 is 2.74 bits per heavy atom. The Bertz CT molecular complexity index is 1920. The summed E-state index contributed by atoms with van der Waals surface area (Å²) in [7, 11) is 2.09. The van der Waals surface area contributed by atoms with Gasteiger partial charge in [-0.05, 0) is 42.1 Å². The maximum Gasteiger partial charge on any atom is 0.324 e. The molecule has 1 unspecified atom stereocenters. The Kier molecular flexibility index (Phi) is 8.53. The SMILES string of the molecule is C=C(F)C(=O)N1CCN(c2nc(Oc3cccc4c3CN(C)CC4)nc3c2COC(c2cccc4cccc(Cl)c24)C3)C[C@@H]1CC#N. The van der Waals surface area contributed by atoms with Gasteiger partial charge in [-0.15, -0.1) is 0 Å². The molecule has 1 saturated heterocycles. The van der Waals surface area contributed by atoms with Gasteiger partial charge in [-0.25, -0.2) is 4.39 Å². The summed E-state index contributed by atoms with van der Waals surface area (Å²) in [5.74, 6) is -0.502. The normalized spacial score (nSPS) is 19.5. The fourth-order valence-electron chi connectivity index (χ4n) is 6.96. The fraction of sp³-hybridized carbons (Fsp3) is 0.333. The first-order valence-electron chi connectivity index (χ1n) is 15.7. The summed E-state index contributed by atoms with van der Waals surface area (Å²) in [6.07, 6.45) is 1.12. The van der Waals surface area contributed by atoms with Crippen LogP contribution in [-0.4, -0.2) is 64.9 Å². The van der Waals surface area contributed by atoms with Gasteiger partial charge in [0.15, 0.2) is 5.83 Å². The number of carbonyl (C=O) groups is 1. The minimum atomic E-state index is -1.04. The van der Waals surface area contributed by atoms with Crippen molar-refractivity contribution >= 4 is 34.1 Å². The number of piperazine rings is 1. The molecular weight excluding hydrogens is 619 g/mol. The molecule has 3 aliphatic heterocycles. The lowest BCUT2D eigenvalue weighted by molar-refractivity contribution is -0.131. The Hall–Kier alpha value is -4.56. The molecule has 240 valence electrons. The zero-order valence-electron chi connectivity index (χ0n) is 26.1. The third-order valence-electron chi connectivity index (χ3n) is 9.32. The molecule has 1 amide bonds. The van der Waals surface area contributed by atoms with E-state index in [1.807, 2.05) is 53.4 Å². The predicted octanol–water partition coefficient (Wildman–Crippen LogP) is 6.29. The fourth-order valence-corrected chi connectivity index (χ4v) is 7.25. The van der Waals surface area contributed by atoms with Gasteiger partial charge in [0.1, 0.15) is 11.6 Å². The summed E-state index contributed by atoms with van der Waals surface area (Å²) in [5.41, 5.74) is 4.95. The number of ether oxygens (including phenoxy) is 2. The second-order valence-corrected chi connectivity index (χ2v) is 12.7. The van der Waals surface area contributed by atoms with Gasteiger partial charge in [-0.3, -0.25) is 4.79 Å². The van der Waals surface area contributed by atoms with E-state index in [-0.39, 0.29) is 38.2 Å². The summed E-state index contributed by atoms with van der Waals surface area (Å²) in [5, 5.41) is 12.2. The van der Waals surface area contributed by atoms with Gasteiger partial charge in [0.05, 0.1) is 36.9 Å². The van der Waals surface area contributed by atoms with Gasteiger partial charge in [0, 0.05) is 60.7 Å². The number of benzene rings is 3. The number of anilines is 1. The molecule has 47 heavy (non-hydrogen) atoms. The molecule has 0 bridgehead atoms. The van der Waals surface area contributed by atoms with E-state index in [0.717, 1.165) is 52.7 Å². The molecule has 0 spiro atoms. The lowest BCUT2D eigenvalue weighted by Crippen LogP contribution is -2.55. The Morgan fingerprint density at radius 1 is 1.13 bits per heavy atom. The molecule has 0 saturated carbocycles. The van der Waals surface area contributed by atoms with Crippen LogP contribution < -0.4 is 9.64 Å². The first-order chi connectivity index (χ1) is 22.8. The lowest BCUT2D eigenvalue weighted by atomic mass is 9.94. The van der Waals surface area contributed by atoms with Crippen LogP contribution in [0.3, 0.4) is 0 Å². The van der Waals surface area contributed by atoms with Crippen LogP contribution in [0.5, 0.6) is 11.8 Å². The Labute approximate surface area is 277 Å². The van der Waals surface area contributed by atoms with Gasteiger partial charge in [0.25, 0.3) is 5.91 Å². The molecule has 0 N–H and O–H groups in total. The van der Waals surface area contributed by atoms with Crippen molar-refractivity contribution < 1.29 is 18.7 Å². The van der Waals surface area contributed by atoms with Crippen LogP contribution in [-0.2, 0) is 35.5 Å². The number of fused-ring (bicyclic) bond motifs is 3. The van der Waals surface area contributed by atoms with Gasteiger partial charge >= 0.3 is 6.01 Å².